The zero-order chi connectivity index (χ0) is 30.2. The second-order valence-electron chi connectivity index (χ2n) is 11.5. The van der Waals surface area contributed by atoms with Crippen LogP contribution < -0.4 is 0 Å². The van der Waals surface area contributed by atoms with Crippen molar-refractivity contribution in [3.05, 3.63) is 198 Å². The van der Waals surface area contributed by atoms with Crippen LogP contribution in [0.1, 0.15) is 27.8 Å². The summed E-state index contributed by atoms with van der Waals surface area (Å²) in [5.74, 6) is 0. The van der Waals surface area contributed by atoms with Crippen molar-refractivity contribution in [2.45, 2.75) is 5.41 Å². The van der Waals surface area contributed by atoms with E-state index in [-0.39, 0.29) is 0 Å². The van der Waals surface area contributed by atoms with Gasteiger partial charge in [-0.15, -0.1) is 0 Å². The summed E-state index contributed by atoms with van der Waals surface area (Å²) in [5.41, 5.74) is 14.2. The lowest BCUT2D eigenvalue weighted by Crippen LogP contribution is -2.28. The summed E-state index contributed by atoms with van der Waals surface area (Å²) < 4.78 is 0. The number of aromatic nitrogens is 1. The minimum atomic E-state index is -0.489. The molecule has 0 aliphatic heterocycles. The first-order chi connectivity index (χ1) is 22.3. The summed E-state index contributed by atoms with van der Waals surface area (Å²) in [6, 6.07) is 60.3. The third-order valence-corrected chi connectivity index (χ3v) is 9.08. The number of hydrogen-bond donors (Lipinski definition) is 0. The van der Waals surface area contributed by atoms with Gasteiger partial charge in [0.25, 0.3) is 0 Å². The molecule has 0 fully saturated rings. The summed E-state index contributed by atoms with van der Waals surface area (Å²) in [4.78, 5) is 4.55. The van der Waals surface area contributed by atoms with Crippen LogP contribution in [0.25, 0.3) is 44.6 Å². The molecule has 0 saturated carbocycles. The quantitative estimate of drug-likeness (QED) is 0.206. The molecular formula is C43H28N2. The number of benzene rings is 6. The number of rotatable bonds is 5. The van der Waals surface area contributed by atoms with Gasteiger partial charge in [0.1, 0.15) is 0 Å². The van der Waals surface area contributed by atoms with Gasteiger partial charge in [0.05, 0.1) is 22.7 Å². The Kier molecular flexibility index (Phi) is 6.44. The van der Waals surface area contributed by atoms with Gasteiger partial charge in [-0.05, 0) is 92.0 Å². The summed E-state index contributed by atoms with van der Waals surface area (Å²) in [7, 11) is 0. The molecule has 45 heavy (non-hydrogen) atoms. The highest BCUT2D eigenvalue weighted by Gasteiger charge is 2.46. The molecule has 0 unspecified atom stereocenters. The van der Waals surface area contributed by atoms with Crippen LogP contribution in [-0.4, -0.2) is 4.98 Å². The fraction of sp³-hybridized carbons (Fsp3) is 0.0233. The molecule has 0 atom stereocenters. The van der Waals surface area contributed by atoms with Crippen molar-refractivity contribution in [1.29, 1.82) is 5.26 Å². The fourth-order valence-electron chi connectivity index (χ4n) is 7.04. The number of nitriles is 1. The molecule has 0 amide bonds. The number of nitrogens with zero attached hydrogens (tertiary/aromatic N) is 2. The molecule has 8 rings (SSSR count). The molecule has 0 bridgehead atoms. The van der Waals surface area contributed by atoms with Crippen LogP contribution in [0.15, 0.2) is 170 Å². The largest absolute Gasteiger partial charge is 0.256 e. The van der Waals surface area contributed by atoms with Crippen LogP contribution in [0.5, 0.6) is 0 Å². The molecule has 0 radical (unpaired) electrons. The second-order valence-corrected chi connectivity index (χ2v) is 11.5. The van der Waals surface area contributed by atoms with Gasteiger partial charge >= 0.3 is 0 Å². The van der Waals surface area contributed by atoms with Gasteiger partial charge in [-0.2, -0.15) is 5.26 Å². The Hall–Kier alpha value is -6.04. The Balaban J connectivity index is 1.43. The molecule has 0 N–H and O–H groups in total. The van der Waals surface area contributed by atoms with Crippen molar-refractivity contribution in [3.8, 4) is 50.7 Å². The average molecular weight is 573 g/mol. The van der Waals surface area contributed by atoms with Crippen LogP contribution in [-0.2, 0) is 5.41 Å². The van der Waals surface area contributed by atoms with Crippen LogP contribution in [0, 0.1) is 11.3 Å². The highest BCUT2D eigenvalue weighted by Crippen LogP contribution is 2.57. The molecule has 0 saturated heterocycles. The van der Waals surface area contributed by atoms with Gasteiger partial charge in [-0.3, -0.25) is 4.98 Å². The van der Waals surface area contributed by atoms with Crippen molar-refractivity contribution in [2.75, 3.05) is 0 Å². The van der Waals surface area contributed by atoms with E-state index < -0.39 is 5.41 Å². The van der Waals surface area contributed by atoms with Gasteiger partial charge < -0.3 is 0 Å². The van der Waals surface area contributed by atoms with Gasteiger partial charge in [0.15, 0.2) is 0 Å². The van der Waals surface area contributed by atoms with E-state index in [0.717, 1.165) is 33.5 Å². The maximum Gasteiger partial charge on any atom is 0.0991 e. The molecule has 7 aromatic rings. The van der Waals surface area contributed by atoms with E-state index in [1.807, 2.05) is 36.5 Å². The topological polar surface area (TPSA) is 36.7 Å². The summed E-state index contributed by atoms with van der Waals surface area (Å²) in [6.45, 7) is 0. The fourth-order valence-corrected chi connectivity index (χ4v) is 7.04. The Labute approximate surface area is 263 Å². The van der Waals surface area contributed by atoms with E-state index in [1.165, 1.54) is 33.4 Å². The number of pyridine rings is 1. The lowest BCUT2D eigenvalue weighted by atomic mass is 9.67. The van der Waals surface area contributed by atoms with Crippen molar-refractivity contribution < 1.29 is 0 Å². The Morgan fingerprint density at radius 3 is 1.62 bits per heavy atom. The maximum absolute atomic E-state index is 9.54. The second kappa shape index (κ2) is 10.9. The zero-order valence-corrected chi connectivity index (χ0v) is 24.6. The van der Waals surface area contributed by atoms with Gasteiger partial charge in [-0.1, -0.05) is 127 Å². The minimum Gasteiger partial charge on any atom is -0.256 e. The van der Waals surface area contributed by atoms with E-state index >= 15 is 0 Å². The first-order valence-electron chi connectivity index (χ1n) is 15.2. The molecule has 2 nitrogen and oxygen atoms in total. The van der Waals surface area contributed by atoms with E-state index in [0.29, 0.717) is 5.56 Å². The monoisotopic (exact) mass is 572 g/mol. The lowest BCUT2D eigenvalue weighted by molar-refractivity contribution is 0.769. The summed E-state index contributed by atoms with van der Waals surface area (Å²) in [5, 5.41) is 9.54. The first kappa shape index (κ1) is 26.6. The molecule has 210 valence electrons. The van der Waals surface area contributed by atoms with E-state index in [1.54, 1.807) is 0 Å². The van der Waals surface area contributed by atoms with E-state index in [9.17, 15) is 5.26 Å². The normalized spacial score (nSPS) is 12.6. The predicted octanol–water partition coefficient (Wildman–Crippen LogP) is 10.3. The van der Waals surface area contributed by atoms with Gasteiger partial charge in [0, 0.05) is 11.8 Å². The summed E-state index contributed by atoms with van der Waals surface area (Å²) >= 11 is 0. The minimum absolute atomic E-state index is 0.489. The smallest absolute Gasteiger partial charge is 0.0991 e. The van der Waals surface area contributed by atoms with Crippen molar-refractivity contribution in [3.63, 3.8) is 0 Å². The van der Waals surface area contributed by atoms with Crippen molar-refractivity contribution in [1.82, 2.24) is 4.98 Å². The third kappa shape index (κ3) is 4.29. The van der Waals surface area contributed by atoms with Crippen LogP contribution in [0.4, 0.5) is 0 Å². The third-order valence-electron chi connectivity index (χ3n) is 9.08. The summed E-state index contributed by atoms with van der Waals surface area (Å²) in [6.07, 6.45) is 1.83. The SMILES string of the molecule is N#Cc1ccc(-c2cc3c(cc2-c2ccc(-c4ccccn4)cc2)-c2ccccc2C3(c2ccccc2)c2ccccc2)cc1. The molecule has 1 aromatic heterocycles. The highest BCUT2D eigenvalue weighted by atomic mass is 14.7. The van der Waals surface area contributed by atoms with Crippen LogP contribution in [0.2, 0.25) is 0 Å². The van der Waals surface area contributed by atoms with E-state index in [2.05, 4.69) is 145 Å². The molecular weight excluding hydrogens is 544 g/mol. The Morgan fingerprint density at radius 2 is 1.00 bits per heavy atom. The molecule has 1 heterocycles. The van der Waals surface area contributed by atoms with E-state index in [4.69, 9.17) is 0 Å². The van der Waals surface area contributed by atoms with Crippen LogP contribution in [0.3, 0.4) is 0 Å². The first-order valence-corrected chi connectivity index (χ1v) is 15.2. The standard InChI is InChI=1S/C43H28N2/c44-29-30-18-20-31(21-19-30)38-28-41-39(27-37(38)32-22-24-33(25-23-32)42-17-9-10-26-45-42)36-15-7-8-16-40(36)43(41,34-11-3-1-4-12-34)35-13-5-2-6-14-35/h1-28H. The van der Waals surface area contributed by atoms with Crippen LogP contribution >= 0.6 is 0 Å². The molecule has 1 aliphatic carbocycles. The van der Waals surface area contributed by atoms with Crippen molar-refractivity contribution >= 4 is 0 Å². The average Bonchev–Trinajstić information content (AvgIpc) is 3.42. The highest BCUT2D eigenvalue weighted by molar-refractivity contribution is 5.95. The maximum atomic E-state index is 9.54. The van der Waals surface area contributed by atoms with Crippen molar-refractivity contribution in [2.24, 2.45) is 0 Å². The number of fused-ring (bicyclic) bond motifs is 3. The molecule has 0 spiro atoms. The Bertz CT molecular complexity index is 2140. The predicted molar refractivity (Wildman–Crippen MR) is 183 cm³/mol. The molecule has 1 aliphatic rings. The van der Waals surface area contributed by atoms with Gasteiger partial charge in [0.2, 0.25) is 0 Å². The zero-order valence-electron chi connectivity index (χ0n) is 24.6. The molecule has 6 aromatic carbocycles. The Morgan fingerprint density at radius 1 is 0.444 bits per heavy atom. The lowest BCUT2D eigenvalue weighted by Gasteiger charge is -2.34. The molecule has 2 heteroatoms. The number of hydrogen-bond acceptors (Lipinski definition) is 2. The van der Waals surface area contributed by atoms with Gasteiger partial charge in [-0.25, -0.2) is 0 Å².